The molecule has 0 radical (unpaired) electrons. The number of aryl methyl sites for hydroxylation is 1. The highest BCUT2D eigenvalue weighted by atomic mass is 35.5. The Morgan fingerprint density at radius 1 is 1.16 bits per heavy atom. The average Bonchev–Trinajstić information content (AvgIpc) is 2.75. The van der Waals surface area contributed by atoms with Crippen LogP contribution in [0, 0.1) is 6.92 Å². The van der Waals surface area contributed by atoms with Gasteiger partial charge in [-0.25, -0.2) is 4.98 Å². The van der Waals surface area contributed by atoms with Crippen LogP contribution >= 0.6 is 23.2 Å². The third kappa shape index (κ3) is 2.70. The molecule has 19 heavy (non-hydrogen) atoms. The Morgan fingerprint density at radius 2 is 1.95 bits per heavy atom. The highest BCUT2D eigenvalue weighted by molar-refractivity contribution is 6.30. The van der Waals surface area contributed by atoms with Crippen LogP contribution in [-0.2, 0) is 12.8 Å². The first-order chi connectivity index (χ1) is 9.11. The van der Waals surface area contributed by atoms with Gasteiger partial charge in [0.15, 0.2) is 0 Å². The maximum absolute atomic E-state index is 6.02. The maximum Gasteiger partial charge on any atom is 0.132 e. The summed E-state index contributed by atoms with van der Waals surface area (Å²) in [5.74, 6) is 0. The number of hydrogen-bond donors (Lipinski definition) is 1. The monoisotopic (exact) mass is 292 g/mol. The number of fused-ring (bicyclic) bond motifs is 1. The van der Waals surface area contributed by atoms with Gasteiger partial charge in [0, 0.05) is 11.1 Å². The zero-order chi connectivity index (χ0) is 13.4. The lowest BCUT2D eigenvalue weighted by molar-refractivity contribution is 0.773. The number of benzene rings is 1. The summed E-state index contributed by atoms with van der Waals surface area (Å²) in [7, 11) is 0. The summed E-state index contributed by atoms with van der Waals surface area (Å²) in [6.45, 7) is 1.96. The molecule has 0 bridgehead atoms. The van der Waals surface area contributed by atoms with Crippen molar-refractivity contribution in [3.8, 4) is 0 Å². The third-order valence-corrected chi connectivity index (χ3v) is 4.12. The molecule has 0 spiro atoms. The number of pyridine rings is 1. The van der Waals surface area contributed by atoms with Crippen LogP contribution in [0.2, 0.25) is 10.2 Å². The van der Waals surface area contributed by atoms with Crippen molar-refractivity contribution in [2.75, 3.05) is 5.32 Å². The maximum atomic E-state index is 6.02. The van der Waals surface area contributed by atoms with Crippen LogP contribution < -0.4 is 5.32 Å². The molecular formula is C15H14Cl2N2. The lowest BCUT2D eigenvalue weighted by atomic mass is 10.1. The first-order valence-corrected chi connectivity index (χ1v) is 7.03. The summed E-state index contributed by atoms with van der Waals surface area (Å²) in [4.78, 5) is 4.17. The fourth-order valence-corrected chi connectivity index (χ4v) is 2.86. The molecule has 98 valence electrons. The smallest absolute Gasteiger partial charge is 0.132 e. The molecule has 1 atom stereocenters. The summed E-state index contributed by atoms with van der Waals surface area (Å²) < 4.78 is 0. The number of anilines is 1. The highest BCUT2D eigenvalue weighted by Gasteiger charge is 2.21. The third-order valence-electron chi connectivity index (χ3n) is 3.49. The number of nitrogens with zero attached hydrogens (tertiary/aromatic N) is 1. The van der Waals surface area contributed by atoms with Crippen LogP contribution in [-0.4, -0.2) is 11.0 Å². The summed E-state index contributed by atoms with van der Waals surface area (Å²) >= 11 is 12.0. The van der Waals surface area contributed by atoms with Gasteiger partial charge in [-0.05, 0) is 54.7 Å². The van der Waals surface area contributed by atoms with E-state index in [1.165, 1.54) is 11.1 Å². The van der Waals surface area contributed by atoms with Crippen LogP contribution in [0.5, 0.6) is 0 Å². The van der Waals surface area contributed by atoms with Crippen molar-refractivity contribution in [2.45, 2.75) is 25.8 Å². The topological polar surface area (TPSA) is 24.9 Å². The fraction of sp³-hybridized carbons (Fsp3) is 0.267. The quantitative estimate of drug-likeness (QED) is 0.836. The van der Waals surface area contributed by atoms with Crippen molar-refractivity contribution in [2.24, 2.45) is 0 Å². The summed E-state index contributed by atoms with van der Waals surface area (Å²) in [6, 6.07) is 8.56. The van der Waals surface area contributed by atoms with Gasteiger partial charge in [-0.3, -0.25) is 0 Å². The SMILES string of the molecule is Cc1cc(NC2Cc3ccc(Cl)cc3C2)cnc1Cl. The number of aromatic nitrogens is 1. The van der Waals surface area contributed by atoms with E-state index >= 15 is 0 Å². The molecular weight excluding hydrogens is 279 g/mol. The molecule has 0 aliphatic heterocycles. The predicted octanol–water partition coefficient (Wildman–Crippen LogP) is 4.28. The van der Waals surface area contributed by atoms with Gasteiger partial charge in [0.1, 0.15) is 5.15 Å². The minimum Gasteiger partial charge on any atom is -0.380 e. The molecule has 1 aromatic heterocycles. The van der Waals surface area contributed by atoms with Crippen molar-refractivity contribution in [1.82, 2.24) is 4.98 Å². The minimum absolute atomic E-state index is 0.399. The van der Waals surface area contributed by atoms with Gasteiger partial charge in [-0.2, -0.15) is 0 Å². The van der Waals surface area contributed by atoms with Gasteiger partial charge >= 0.3 is 0 Å². The summed E-state index contributed by atoms with van der Waals surface area (Å²) in [5, 5.41) is 4.88. The summed E-state index contributed by atoms with van der Waals surface area (Å²) in [5.41, 5.74) is 4.72. The second kappa shape index (κ2) is 5.03. The Balaban J connectivity index is 1.75. The molecule has 1 N–H and O–H groups in total. The van der Waals surface area contributed by atoms with E-state index in [0.29, 0.717) is 11.2 Å². The van der Waals surface area contributed by atoms with Crippen LogP contribution in [0.4, 0.5) is 5.69 Å². The van der Waals surface area contributed by atoms with Crippen LogP contribution in [0.25, 0.3) is 0 Å². The number of nitrogens with one attached hydrogen (secondary N) is 1. The van der Waals surface area contributed by atoms with Gasteiger partial charge in [0.25, 0.3) is 0 Å². The average molecular weight is 293 g/mol. The molecule has 1 aliphatic rings. The van der Waals surface area contributed by atoms with Gasteiger partial charge in [-0.1, -0.05) is 29.3 Å². The second-order valence-electron chi connectivity index (χ2n) is 4.99. The molecule has 1 unspecified atom stereocenters. The molecule has 0 saturated carbocycles. The minimum atomic E-state index is 0.399. The van der Waals surface area contributed by atoms with Crippen molar-refractivity contribution in [1.29, 1.82) is 0 Å². The molecule has 1 heterocycles. The number of hydrogen-bond acceptors (Lipinski definition) is 2. The Morgan fingerprint density at radius 3 is 2.74 bits per heavy atom. The fourth-order valence-electron chi connectivity index (χ4n) is 2.56. The van der Waals surface area contributed by atoms with Crippen LogP contribution in [0.3, 0.4) is 0 Å². The van der Waals surface area contributed by atoms with E-state index in [9.17, 15) is 0 Å². The first kappa shape index (κ1) is 12.8. The van der Waals surface area contributed by atoms with Crippen molar-refractivity contribution < 1.29 is 0 Å². The van der Waals surface area contributed by atoms with Crippen molar-refractivity contribution in [3.05, 3.63) is 57.3 Å². The zero-order valence-electron chi connectivity index (χ0n) is 10.6. The van der Waals surface area contributed by atoms with Gasteiger partial charge < -0.3 is 5.32 Å². The van der Waals surface area contributed by atoms with E-state index in [4.69, 9.17) is 23.2 Å². The Kier molecular flexibility index (Phi) is 3.38. The van der Waals surface area contributed by atoms with E-state index in [2.05, 4.69) is 22.4 Å². The standard InChI is InChI=1S/C15H14Cl2N2/c1-9-4-14(8-18-15(9)17)19-13-6-10-2-3-12(16)5-11(10)7-13/h2-5,8,13,19H,6-7H2,1H3. The molecule has 0 fully saturated rings. The molecule has 1 aromatic carbocycles. The molecule has 2 nitrogen and oxygen atoms in total. The Labute approximate surface area is 122 Å². The van der Waals surface area contributed by atoms with Gasteiger partial charge in [0.05, 0.1) is 11.9 Å². The van der Waals surface area contributed by atoms with E-state index in [1.807, 2.05) is 19.1 Å². The molecule has 2 aromatic rings. The lowest BCUT2D eigenvalue weighted by Gasteiger charge is -2.13. The van der Waals surface area contributed by atoms with E-state index in [1.54, 1.807) is 6.20 Å². The van der Waals surface area contributed by atoms with E-state index in [-0.39, 0.29) is 0 Å². The second-order valence-corrected chi connectivity index (χ2v) is 5.79. The molecule has 1 aliphatic carbocycles. The van der Waals surface area contributed by atoms with Crippen LogP contribution in [0.1, 0.15) is 16.7 Å². The van der Waals surface area contributed by atoms with Crippen molar-refractivity contribution in [3.63, 3.8) is 0 Å². The lowest BCUT2D eigenvalue weighted by Crippen LogP contribution is -2.19. The Hall–Kier alpha value is -1.25. The number of halogens is 2. The van der Waals surface area contributed by atoms with Gasteiger partial charge in [0.2, 0.25) is 0 Å². The largest absolute Gasteiger partial charge is 0.380 e. The van der Waals surface area contributed by atoms with Crippen LogP contribution in [0.15, 0.2) is 30.5 Å². The van der Waals surface area contributed by atoms with E-state index in [0.717, 1.165) is 29.1 Å². The van der Waals surface area contributed by atoms with Gasteiger partial charge in [-0.15, -0.1) is 0 Å². The normalized spacial score (nSPS) is 17.3. The predicted molar refractivity (Wildman–Crippen MR) is 80.3 cm³/mol. The molecule has 0 amide bonds. The molecule has 3 rings (SSSR count). The summed E-state index contributed by atoms with van der Waals surface area (Å²) in [6.07, 6.45) is 3.80. The molecule has 0 saturated heterocycles. The first-order valence-electron chi connectivity index (χ1n) is 6.28. The van der Waals surface area contributed by atoms with Crippen molar-refractivity contribution >= 4 is 28.9 Å². The molecule has 4 heteroatoms. The zero-order valence-corrected chi connectivity index (χ0v) is 12.1. The number of rotatable bonds is 2. The van der Waals surface area contributed by atoms with E-state index < -0.39 is 0 Å². The Bertz CT molecular complexity index is 626. The highest BCUT2D eigenvalue weighted by Crippen LogP contribution is 2.27.